The van der Waals surface area contributed by atoms with E-state index >= 15 is 0 Å². The third kappa shape index (κ3) is 7.11. The highest BCUT2D eigenvalue weighted by Gasteiger charge is 2.24. The Hall–Kier alpha value is -1.94. The number of guanidine groups is 1. The first kappa shape index (κ1) is 23.3. The number of benzene rings is 2. The Morgan fingerprint density at radius 3 is 2.62 bits per heavy atom. The normalized spacial score (nSPS) is 16.8. The van der Waals surface area contributed by atoms with E-state index in [0.29, 0.717) is 37.0 Å². The van der Waals surface area contributed by atoms with Crippen molar-refractivity contribution in [2.45, 2.75) is 18.1 Å². The van der Waals surface area contributed by atoms with Crippen molar-refractivity contribution in [3.8, 4) is 0 Å². The molecule has 0 saturated heterocycles. The van der Waals surface area contributed by atoms with Crippen molar-refractivity contribution in [1.29, 1.82) is 0 Å². The first-order valence-corrected chi connectivity index (χ1v) is 10.9. The van der Waals surface area contributed by atoms with Gasteiger partial charge in [0.2, 0.25) is 5.91 Å². The molecule has 29 heavy (non-hydrogen) atoms. The zero-order valence-electron chi connectivity index (χ0n) is 16.4. The van der Waals surface area contributed by atoms with Crippen LogP contribution in [-0.4, -0.2) is 42.0 Å². The summed E-state index contributed by atoms with van der Waals surface area (Å²) in [6, 6.07) is 17.7. The van der Waals surface area contributed by atoms with Gasteiger partial charge < -0.3 is 16.0 Å². The van der Waals surface area contributed by atoms with Crippen LogP contribution in [0, 0.1) is 0 Å². The van der Waals surface area contributed by atoms with Gasteiger partial charge in [-0.3, -0.25) is 14.0 Å². The molecule has 0 aromatic heterocycles. The molecule has 0 saturated carbocycles. The van der Waals surface area contributed by atoms with Crippen molar-refractivity contribution in [2.24, 2.45) is 4.99 Å². The average molecular weight is 526 g/mol. The Labute approximate surface area is 191 Å². The lowest BCUT2D eigenvalue weighted by Crippen LogP contribution is -2.42. The van der Waals surface area contributed by atoms with Gasteiger partial charge in [0.1, 0.15) is 0 Å². The maximum Gasteiger partial charge on any atom is 0.225 e. The number of para-hydroxylation sites is 1. The smallest absolute Gasteiger partial charge is 0.225 e. The first-order chi connectivity index (χ1) is 13.7. The molecule has 1 aliphatic rings. The van der Waals surface area contributed by atoms with Crippen LogP contribution in [0.1, 0.15) is 23.5 Å². The van der Waals surface area contributed by atoms with Crippen LogP contribution in [-0.2, 0) is 21.3 Å². The predicted molar refractivity (Wildman–Crippen MR) is 130 cm³/mol. The molecule has 156 valence electrons. The van der Waals surface area contributed by atoms with Gasteiger partial charge in [0.05, 0.1) is 0 Å². The van der Waals surface area contributed by atoms with E-state index in [-0.39, 0.29) is 35.8 Å². The van der Waals surface area contributed by atoms with Crippen LogP contribution in [0.4, 0.5) is 5.69 Å². The molecule has 3 N–H and O–H groups in total. The summed E-state index contributed by atoms with van der Waals surface area (Å²) in [6.07, 6.45) is 0.447. The second-order valence-electron chi connectivity index (χ2n) is 6.69. The second-order valence-corrected chi connectivity index (χ2v) is 8.27. The molecule has 0 radical (unpaired) electrons. The molecule has 1 heterocycles. The molecule has 2 aromatic rings. The van der Waals surface area contributed by atoms with Gasteiger partial charge in [-0.25, -0.2) is 0 Å². The Bertz CT molecular complexity index is 861. The number of nitrogens with one attached hydrogen (secondary N) is 3. The fraction of sp³-hybridized carbons (Fsp3) is 0.333. The molecule has 2 aromatic carbocycles. The lowest BCUT2D eigenvalue weighted by Gasteiger charge is -2.26. The number of nitrogens with zero attached hydrogens (tertiary/aromatic N) is 1. The zero-order chi connectivity index (χ0) is 19.8. The Kier molecular flexibility index (Phi) is 9.59. The number of hydrogen-bond donors (Lipinski definition) is 3. The lowest BCUT2D eigenvalue weighted by molar-refractivity contribution is -0.116. The van der Waals surface area contributed by atoms with Gasteiger partial charge in [-0.1, -0.05) is 48.5 Å². The molecule has 0 bridgehead atoms. The fourth-order valence-electron chi connectivity index (χ4n) is 3.24. The highest BCUT2D eigenvalue weighted by molar-refractivity contribution is 14.0. The van der Waals surface area contributed by atoms with E-state index in [1.807, 2.05) is 54.6 Å². The van der Waals surface area contributed by atoms with E-state index in [1.54, 1.807) is 7.05 Å². The second kappa shape index (κ2) is 11.9. The molecule has 1 aliphatic heterocycles. The molecule has 3 rings (SSSR count). The molecule has 2 unspecified atom stereocenters. The van der Waals surface area contributed by atoms with E-state index in [0.717, 1.165) is 16.8 Å². The van der Waals surface area contributed by atoms with Gasteiger partial charge in [-0.2, -0.15) is 0 Å². The van der Waals surface area contributed by atoms with Gasteiger partial charge >= 0.3 is 0 Å². The number of amides is 1. The van der Waals surface area contributed by atoms with Crippen molar-refractivity contribution in [3.05, 3.63) is 65.7 Å². The third-order valence-corrected chi connectivity index (χ3v) is 5.95. The largest absolute Gasteiger partial charge is 0.356 e. The van der Waals surface area contributed by atoms with Crippen LogP contribution in [0.25, 0.3) is 0 Å². The molecule has 0 spiro atoms. The zero-order valence-corrected chi connectivity index (χ0v) is 19.5. The summed E-state index contributed by atoms with van der Waals surface area (Å²) < 4.78 is 12.2. The number of carbonyl (C=O) groups is 1. The van der Waals surface area contributed by atoms with Crippen LogP contribution in [0.5, 0.6) is 0 Å². The number of hydrogen-bond acceptors (Lipinski definition) is 3. The topological polar surface area (TPSA) is 82.6 Å². The van der Waals surface area contributed by atoms with Crippen molar-refractivity contribution in [2.75, 3.05) is 31.2 Å². The minimum Gasteiger partial charge on any atom is -0.356 e. The maximum atomic E-state index is 12.2. The molecule has 6 nitrogen and oxygen atoms in total. The summed E-state index contributed by atoms with van der Waals surface area (Å²) in [5.74, 6) is 1.88. The SMILES string of the molecule is CN=C(NCCS(=O)Cc1ccccc1)NCC1CC(=O)Nc2ccccc21.I. The summed E-state index contributed by atoms with van der Waals surface area (Å²) in [4.78, 5) is 16.2. The number of rotatable bonds is 7. The third-order valence-electron chi connectivity index (χ3n) is 4.64. The fourth-order valence-corrected chi connectivity index (χ4v) is 4.28. The molecule has 0 fully saturated rings. The van der Waals surface area contributed by atoms with E-state index in [1.165, 1.54) is 0 Å². The van der Waals surface area contributed by atoms with E-state index in [2.05, 4.69) is 20.9 Å². The number of carbonyl (C=O) groups excluding carboxylic acids is 1. The standard InChI is InChI=1S/C21H26N4O2S.HI/c1-22-21(23-11-12-28(27)15-16-7-3-2-4-8-16)24-14-17-13-20(26)25-19-10-6-5-9-18(17)19;/h2-10,17H,11-15H2,1H3,(H,25,26)(H2,22,23,24);1H. The Morgan fingerprint density at radius 2 is 1.86 bits per heavy atom. The molecule has 1 amide bonds. The van der Waals surface area contributed by atoms with Crippen LogP contribution >= 0.6 is 24.0 Å². The van der Waals surface area contributed by atoms with Gasteiger partial charge in [0.25, 0.3) is 0 Å². The molecule has 8 heteroatoms. The number of halogens is 1. The molecule has 0 aliphatic carbocycles. The Morgan fingerprint density at radius 1 is 1.14 bits per heavy atom. The van der Waals surface area contributed by atoms with Crippen LogP contribution in [0.2, 0.25) is 0 Å². The summed E-state index contributed by atoms with van der Waals surface area (Å²) in [5.41, 5.74) is 3.09. The van der Waals surface area contributed by atoms with Crippen LogP contribution < -0.4 is 16.0 Å². The summed E-state index contributed by atoms with van der Waals surface area (Å²) >= 11 is 0. The van der Waals surface area contributed by atoms with Crippen molar-refractivity contribution in [1.82, 2.24) is 10.6 Å². The van der Waals surface area contributed by atoms with Crippen LogP contribution in [0.15, 0.2) is 59.6 Å². The van der Waals surface area contributed by atoms with Crippen LogP contribution in [0.3, 0.4) is 0 Å². The van der Waals surface area contributed by atoms with E-state index < -0.39 is 10.8 Å². The minimum absolute atomic E-state index is 0. The number of anilines is 1. The summed E-state index contributed by atoms with van der Waals surface area (Å²) in [6.45, 7) is 1.18. The van der Waals surface area contributed by atoms with Gasteiger partial charge in [0.15, 0.2) is 5.96 Å². The van der Waals surface area contributed by atoms with Crippen molar-refractivity contribution in [3.63, 3.8) is 0 Å². The molecular formula is C21H27IN4O2S. The minimum atomic E-state index is -0.930. The van der Waals surface area contributed by atoms with E-state index in [9.17, 15) is 9.00 Å². The van der Waals surface area contributed by atoms with Crippen molar-refractivity contribution < 1.29 is 9.00 Å². The maximum absolute atomic E-state index is 12.2. The molecule has 2 atom stereocenters. The van der Waals surface area contributed by atoms with Gasteiger partial charge in [-0.05, 0) is 17.2 Å². The van der Waals surface area contributed by atoms with E-state index in [4.69, 9.17) is 0 Å². The summed E-state index contributed by atoms with van der Waals surface area (Å²) in [7, 11) is 0.776. The quantitative estimate of drug-likeness (QED) is 0.295. The number of aliphatic imine (C=N–C) groups is 1. The molecular weight excluding hydrogens is 499 g/mol. The predicted octanol–water partition coefficient (Wildman–Crippen LogP) is 2.84. The highest BCUT2D eigenvalue weighted by atomic mass is 127. The number of fused-ring (bicyclic) bond motifs is 1. The average Bonchev–Trinajstić information content (AvgIpc) is 2.71. The Balaban J connectivity index is 0.00000300. The lowest BCUT2D eigenvalue weighted by atomic mass is 9.90. The van der Waals surface area contributed by atoms with Gasteiger partial charge in [0, 0.05) is 60.5 Å². The highest BCUT2D eigenvalue weighted by Crippen LogP contribution is 2.31. The van der Waals surface area contributed by atoms with Gasteiger partial charge in [-0.15, -0.1) is 24.0 Å². The summed E-state index contributed by atoms with van der Waals surface area (Å²) in [5, 5.41) is 9.40. The first-order valence-electron chi connectivity index (χ1n) is 9.38. The monoisotopic (exact) mass is 526 g/mol. The van der Waals surface area contributed by atoms with Crippen molar-refractivity contribution >= 4 is 52.3 Å².